The Balaban J connectivity index is 2.34. The molecule has 2 rings (SSSR count). The van der Waals surface area contributed by atoms with Crippen LogP contribution in [0.3, 0.4) is 0 Å². The molecule has 0 fully saturated rings. The van der Waals surface area contributed by atoms with E-state index in [9.17, 15) is 0 Å². The first-order valence-electron chi connectivity index (χ1n) is 4.08. The van der Waals surface area contributed by atoms with Gasteiger partial charge >= 0.3 is 0 Å². The standard InChI is InChI=1S/C9H9N3O2/c10-9(12-13)4-6-1-2-8-7(3-6)11-5-14-8/h1-3,5,13H,4H2,(H2,10,12). The molecule has 2 aromatic rings. The maximum absolute atomic E-state index is 8.40. The summed E-state index contributed by atoms with van der Waals surface area (Å²) in [4.78, 5) is 4.00. The SMILES string of the molecule is N/C(Cc1ccc2ocnc2c1)=N\O. The van der Waals surface area contributed by atoms with Crippen LogP contribution in [0.2, 0.25) is 0 Å². The summed E-state index contributed by atoms with van der Waals surface area (Å²) < 4.78 is 5.08. The number of oxime groups is 1. The van der Waals surface area contributed by atoms with Gasteiger partial charge in [-0.2, -0.15) is 0 Å². The van der Waals surface area contributed by atoms with E-state index in [0.717, 1.165) is 16.7 Å². The van der Waals surface area contributed by atoms with Crippen LogP contribution in [0.1, 0.15) is 5.56 Å². The largest absolute Gasteiger partial charge is 0.443 e. The van der Waals surface area contributed by atoms with Crippen molar-refractivity contribution in [2.75, 3.05) is 0 Å². The van der Waals surface area contributed by atoms with E-state index in [0.29, 0.717) is 6.42 Å². The zero-order valence-corrected chi connectivity index (χ0v) is 7.34. The number of aromatic nitrogens is 1. The second-order valence-corrected chi connectivity index (χ2v) is 2.92. The summed E-state index contributed by atoms with van der Waals surface area (Å²) in [6.07, 6.45) is 1.79. The summed E-state index contributed by atoms with van der Waals surface area (Å²) in [5.41, 5.74) is 7.81. The van der Waals surface area contributed by atoms with Crippen molar-refractivity contribution in [1.29, 1.82) is 0 Å². The molecule has 72 valence electrons. The van der Waals surface area contributed by atoms with Crippen molar-refractivity contribution in [3.05, 3.63) is 30.2 Å². The van der Waals surface area contributed by atoms with Crippen LogP contribution in [0.25, 0.3) is 11.1 Å². The molecule has 0 bridgehead atoms. The predicted molar refractivity (Wildman–Crippen MR) is 51.1 cm³/mol. The Kier molecular flexibility index (Phi) is 2.06. The summed E-state index contributed by atoms with van der Waals surface area (Å²) >= 11 is 0. The van der Waals surface area contributed by atoms with E-state index < -0.39 is 0 Å². The molecule has 1 heterocycles. The van der Waals surface area contributed by atoms with Crippen LogP contribution in [0.15, 0.2) is 34.2 Å². The minimum Gasteiger partial charge on any atom is -0.443 e. The van der Waals surface area contributed by atoms with Crippen molar-refractivity contribution in [3.63, 3.8) is 0 Å². The Morgan fingerprint density at radius 1 is 1.57 bits per heavy atom. The molecule has 0 saturated carbocycles. The van der Waals surface area contributed by atoms with Gasteiger partial charge < -0.3 is 15.4 Å². The van der Waals surface area contributed by atoms with Crippen molar-refractivity contribution < 1.29 is 9.62 Å². The van der Waals surface area contributed by atoms with Gasteiger partial charge in [0.25, 0.3) is 0 Å². The van der Waals surface area contributed by atoms with Crippen molar-refractivity contribution in [2.24, 2.45) is 10.9 Å². The van der Waals surface area contributed by atoms with Gasteiger partial charge in [0, 0.05) is 6.42 Å². The van der Waals surface area contributed by atoms with Gasteiger partial charge in [-0.15, -0.1) is 0 Å². The van der Waals surface area contributed by atoms with Gasteiger partial charge in [0.1, 0.15) is 11.4 Å². The quantitative estimate of drug-likeness (QED) is 0.322. The summed E-state index contributed by atoms with van der Waals surface area (Å²) in [6, 6.07) is 5.50. The topological polar surface area (TPSA) is 84.6 Å². The lowest BCUT2D eigenvalue weighted by atomic mass is 10.1. The number of hydrogen-bond acceptors (Lipinski definition) is 4. The first-order valence-corrected chi connectivity index (χ1v) is 4.08. The molecule has 0 saturated heterocycles. The summed E-state index contributed by atoms with van der Waals surface area (Å²) in [6.45, 7) is 0. The number of oxazole rings is 1. The Bertz CT molecular complexity index is 476. The third-order valence-corrected chi connectivity index (χ3v) is 1.91. The molecule has 1 aromatic heterocycles. The zero-order valence-electron chi connectivity index (χ0n) is 7.34. The lowest BCUT2D eigenvalue weighted by Gasteiger charge is -1.98. The van der Waals surface area contributed by atoms with Crippen LogP contribution in [0.5, 0.6) is 0 Å². The number of hydrogen-bond donors (Lipinski definition) is 2. The molecule has 0 radical (unpaired) electrons. The fourth-order valence-corrected chi connectivity index (χ4v) is 1.26. The molecule has 5 heteroatoms. The Hall–Kier alpha value is -2.04. The molecule has 0 aliphatic rings. The van der Waals surface area contributed by atoms with E-state index in [2.05, 4.69) is 10.1 Å². The fourth-order valence-electron chi connectivity index (χ4n) is 1.26. The average Bonchev–Trinajstić information content (AvgIpc) is 2.64. The molecule has 0 aliphatic heterocycles. The molecular formula is C9H9N3O2. The summed E-state index contributed by atoms with van der Waals surface area (Å²) in [5, 5.41) is 11.3. The van der Waals surface area contributed by atoms with Gasteiger partial charge in [-0.3, -0.25) is 0 Å². The number of amidine groups is 1. The molecule has 0 spiro atoms. The van der Waals surface area contributed by atoms with Gasteiger partial charge in [-0.05, 0) is 17.7 Å². The van der Waals surface area contributed by atoms with Crippen molar-refractivity contribution in [2.45, 2.75) is 6.42 Å². The molecule has 3 N–H and O–H groups in total. The number of fused-ring (bicyclic) bond motifs is 1. The number of nitrogens with zero attached hydrogens (tertiary/aromatic N) is 2. The van der Waals surface area contributed by atoms with E-state index in [1.807, 2.05) is 18.2 Å². The third-order valence-electron chi connectivity index (χ3n) is 1.91. The second kappa shape index (κ2) is 3.37. The van der Waals surface area contributed by atoms with E-state index in [1.54, 1.807) is 0 Å². The number of nitrogens with two attached hydrogens (primary N) is 1. The Labute approximate surface area is 79.8 Å². The minimum absolute atomic E-state index is 0.174. The van der Waals surface area contributed by atoms with E-state index in [4.69, 9.17) is 15.4 Å². The molecule has 1 aromatic carbocycles. The molecule has 5 nitrogen and oxygen atoms in total. The van der Waals surface area contributed by atoms with Crippen LogP contribution < -0.4 is 5.73 Å². The fraction of sp³-hybridized carbons (Fsp3) is 0.111. The number of benzene rings is 1. The van der Waals surface area contributed by atoms with Crippen LogP contribution in [0.4, 0.5) is 0 Å². The molecule has 0 atom stereocenters. The van der Waals surface area contributed by atoms with Crippen molar-refractivity contribution in [3.8, 4) is 0 Å². The van der Waals surface area contributed by atoms with Crippen LogP contribution in [-0.4, -0.2) is 16.0 Å². The van der Waals surface area contributed by atoms with Crippen molar-refractivity contribution >= 4 is 16.9 Å². The highest BCUT2D eigenvalue weighted by Crippen LogP contribution is 2.14. The lowest BCUT2D eigenvalue weighted by molar-refractivity contribution is 0.317. The average molecular weight is 191 g/mol. The maximum Gasteiger partial charge on any atom is 0.181 e. The van der Waals surface area contributed by atoms with E-state index in [-0.39, 0.29) is 5.84 Å². The monoisotopic (exact) mass is 191 g/mol. The first kappa shape index (κ1) is 8.55. The van der Waals surface area contributed by atoms with Gasteiger partial charge in [-0.1, -0.05) is 11.2 Å². The zero-order chi connectivity index (χ0) is 9.97. The van der Waals surface area contributed by atoms with Gasteiger partial charge in [-0.25, -0.2) is 4.98 Å². The minimum atomic E-state index is 0.174. The normalized spacial score (nSPS) is 12.1. The van der Waals surface area contributed by atoms with E-state index in [1.165, 1.54) is 6.39 Å². The van der Waals surface area contributed by atoms with Crippen LogP contribution in [0, 0.1) is 0 Å². The highest BCUT2D eigenvalue weighted by molar-refractivity contribution is 5.83. The van der Waals surface area contributed by atoms with Crippen LogP contribution in [-0.2, 0) is 6.42 Å². The maximum atomic E-state index is 8.40. The molecular weight excluding hydrogens is 182 g/mol. The highest BCUT2D eigenvalue weighted by Gasteiger charge is 2.01. The lowest BCUT2D eigenvalue weighted by Crippen LogP contribution is -2.14. The first-order chi connectivity index (χ1) is 6.79. The summed E-state index contributed by atoms with van der Waals surface area (Å²) in [5.74, 6) is 0.174. The predicted octanol–water partition coefficient (Wildman–Crippen LogP) is 1.12. The summed E-state index contributed by atoms with van der Waals surface area (Å²) in [7, 11) is 0. The molecule has 0 aliphatic carbocycles. The molecule has 0 unspecified atom stereocenters. The third kappa shape index (κ3) is 1.52. The van der Waals surface area contributed by atoms with Gasteiger partial charge in [0.05, 0.1) is 0 Å². The molecule has 14 heavy (non-hydrogen) atoms. The second-order valence-electron chi connectivity index (χ2n) is 2.92. The van der Waals surface area contributed by atoms with Gasteiger partial charge in [0.15, 0.2) is 12.0 Å². The van der Waals surface area contributed by atoms with Gasteiger partial charge in [0.2, 0.25) is 0 Å². The molecule has 0 amide bonds. The van der Waals surface area contributed by atoms with Crippen LogP contribution >= 0.6 is 0 Å². The smallest absolute Gasteiger partial charge is 0.181 e. The van der Waals surface area contributed by atoms with Crippen molar-refractivity contribution in [1.82, 2.24) is 4.98 Å². The van der Waals surface area contributed by atoms with E-state index >= 15 is 0 Å². The number of rotatable bonds is 2. The Morgan fingerprint density at radius 3 is 3.21 bits per heavy atom. The highest BCUT2D eigenvalue weighted by atomic mass is 16.4. The Morgan fingerprint density at radius 2 is 2.43 bits per heavy atom.